The predicted molar refractivity (Wildman–Crippen MR) is 171 cm³/mol. The standard InChI is InChI=1S/C39H36F8O/c1-3-5-6-8-23-9-11-24(12-10-23)25-13-15-29(32(40)17-25)27-20-36(44)38(37(45)21-27)39(46,47)48-28-14-16-30(35(43)22-28)26-18-33(41)31(7-4-2)34(42)19-26/h3,5,13-24H,4,6-12H2,1-2H3. The number of rotatable bonds is 11. The fraction of sp³-hybridized carbons (Fsp3) is 0.333. The number of benzene rings is 4. The molecule has 48 heavy (non-hydrogen) atoms. The lowest BCUT2D eigenvalue weighted by Crippen LogP contribution is -2.25. The van der Waals surface area contributed by atoms with Crippen LogP contribution < -0.4 is 4.74 Å². The Morgan fingerprint density at radius 3 is 1.81 bits per heavy atom. The summed E-state index contributed by atoms with van der Waals surface area (Å²) in [5, 5.41) is 0. The molecule has 0 N–H and O–H groups in total. The second-order valence-corrected chi connectivity index (χ2v) is 12.3. The van der Waals surface area contributed by atoms with Crippen LogP contribution in [0.25, 0.3) is 22.3 Å². The van der Waals surface area contributed by atoms with Crippen LogP contribution in [0.2, 0.25) is 0 Å². The smallest absolute Gasteiger partial charge is 0.429 e. The van der Waals surface area contributed by atoms with Crippen molar-refractivity contribution >= 4 is 0 Å². The van der Waals surface area contributed by atoms with Gasteiger partial charge in [0.05, 0.1) is 0 Å². The van der Waals surface area contributed by atoms with Crippen molar-refractivity contribution in [3.05, 3.63) is 124 Å². The van der Waals surface area contributed by atoms with Crippen molar-refractivity contribution in [1.82, 2.24) is 0 Å². The molecule has 1 saturated carbocycles. The highest BCUT2D eigenvalue weighted by Crippen LogP contribution is 2.41. The summed E-state index contributed by atoms with van der Waals surface area (Å²) in [6.45, 7) is 3.73. The van der Waals surface area contributed by atoms with E-state index in [2.05, 4.69) is 10.8 Å². The minimum atomic E-state index is -4.60. The Balaban J connectivity index is 1.31. The van der Waals surface area contributed by atoms with Crippen LogP contribution in [0.1, 0.15) is 81.4 Å². The molecule has 0 radical (unpaired) electrons. The molecule has 254 valence electrons. The molecule has 1 fully saturated rings. The Morgan fingerprint density at radius 1 is 0.708 bits per heavy atom. The zero-order chi connectivity index (χ0) is 34.6. The molecule has 0 saturated heterocycles. The molecular formula is C39H36F8O. The van der Waals surface area contributed by atoms with Crippen LogP contribution in [0.4, 0.5) is 35.1 Å². The summed E-state index contributed by atoms with van der Waals surface area (Å²) in [4.78, 5) is 0. The minimum absolute atomic E-state index is 0.135. The average Bonchev–Trinajstić information content (AvgIpc) is 3.02. The monoisotopic (exact) mass is 672 g/mol. The van der Waals surface area contributed by atoms with Crippen LogP contribution in [-0.2, 0) is 12.5 Å². The van der Waals surface area contributed by atoms with E-state index in [1.54, 1.807) is 13.0 Å². The second-order valence-electron chi connectivity index (χ2n) is 12.3. The predicted octanol–water partition coefficient (Wildman–Crippen LogP) is 12.6. The largest absolute Gasteiger partial charge is 0.432 e. The van der Waals surface area contributed by atoms with Crippen molar-refractivity contribution in [3.63, 3.8) is 0 Å². The van der Waals surface area contributed by atoms with E-state index in [-0.39, 0.29) is 40.2 Å². The van der Waals surface area contributed by atoms with Gasteiger partial charge in [0, 0.05) is 22.8 Å². The lowest BCUT2D eigenvalue weighted by Gasteiger charge is -2.29. The van der Waals surface area contributed by atoms with Gasteiger partial charge in [0.15, 0.2) is 0 Å². The Kier molecular flexibility index (Phi) is 11.0. The first kappa shape index (κ1) is 35.2. The van der Waals surface area contributed by atoms with Crippen LogP contribution in [0.3, 0.4) is 0 Å². The van der Waals surface area contributed by atoms with Gasteiger partial charge in [-0.1, -0.05) is 37.6 Å². The van der Waals surface area contributed by atoms with Gasteiger partial charge in [-0.3, -0.25) is 0 Å². The SMILES string of the molecule is CC=CCCC1CCC(c2ccc(-c3cc(F)c(C(F)(F)Oc4ccc(-c5cc(F)c(CCC)c(F)c5)c(F)c4)c(F)c3)c(F)c2)CC1. The maximum atomic E-state index is 15.2. The summed E-state index contributed by atoms with van der Waals surface area (Å²) in [5.41, 5.74) is -2.01. The molecule has 0 bridgehead atoms. The van der Waals surface area contributed by atoms with E-state index in [9.17, 15) is 13.2 Å². The first-order valence-corrected chi connectivity index (χ1v) is 16.2. The first-order chi connectivity index (χ1) is 22.9. The number of hydrogen-bond acceptors (Lipinski definition) is 1. The highest BCUT2D eigenvalue weighted by Gasteiger charge is 2.41. The van der Waals surface area contributed by atoms with Crippen molar-refractivity contribution in [3.8, 4) is 28.0 Å². The van der Waals surface area contributed by atoms with Gasteiger partial charge < -0.3 is 4.74 Å². The molecule has 4 aromatic carbocycles. The summed E-state index contributed by atoms with van der Waals surface area (Å²) < 4.78 is 124. The number of ether oxygens (including phenoxy) is 1. The molecule has 5 rings (SSSR count). The summed E-state index contributed by atoms with van der Waals surface area (Å²) in [6, 6.07) is 9.87. The fourth-order valence-electron chi connectivity index (χ4n) is 6.55. The van der Waals surface area contributed by atoms with E-state index in [1.165, 1.54) is 12.1 Å². The van der Waals surface area contributed by atoms with Crippen molar-refractivity contribution in [2.45, 2.75) is 77.2 Å². The normalized spacial score (nSPS) is 16.9. The minimum Gasteiger partial charge on any atom is -0.429 e. The van der Waals surface area contributed by atoms with E-state index in [4.69, 9.17) is 0 Å². The Labute approximate surface area is 275 Å². The van der Waals surface area contributed by atoms with Crippen LogP contribution in [-0.4, -0.2) is 0 Å². The number of alkyl halides is 2. The van der Waals surface area contributed by atoms with E-state index in [0.29, 0.717) is 30.5 Å². The second kappa shape index (κ2) is 15.0. The van der Waals surface area contributed by atoms with Gasteiger partial charge >= 0.3 is 6.11 Å². The molecule has 0 atom stereocenters. The lowest BCUT2D eigenvalue weighted by molar-refractivity contribution is -0.189. The quantitative estimate of drug-likeness (QED) is 0.114. The molecule has 0 aromatic heterocycles. The summed E-state index contributed by atoms with van der Waals surface area (Å²) >= 11 is 0. The van der Waals surface area contributed by atoms with Crippen molar-refractivity contribution < 1.29 is 39.9 Å². The van der Waals surface area contributed by atoms with Gasteiger partial charge in [-0.05, 0) is 123 Å². The maximum absolute atomic E-state index is 15.2. The fourth-order valence-corrected chi connectivity index (χ4v) is 6.55. The third kappa shape index (κ3) is 7.77. The Bertz CT molecular complexity index is 1740. The molecule has 1 aliphatic carbocycles. The molecular weight excluding hydrogens is 636 g/mol. The molecule has 0 aliphatic heterocycles. The van der Waals surface area contributed by atoms with Gasteiger partial charge in [-0.15, -0.1) is 0 Å². The van der Waals surface area contributed by atoms with Crippen molar-refractivity contribution in [2.75, 3.05) is 0 Å². The van der Waals surface area contributed by atoms with Crippen LogP contribution in [0.15, 0.2) is 72.8 Å². The summed E-state index contributed by atoms with van der Waals surface area (Å²) in [5.74, 6) is -7.03. The van der Waals surface area contributed by atoms with E-state index < -0.39 is 52.3 Å². The van der Waals surface area contributed by atoms with Crippen LogP contribution in [0, 0.1) is 40.8 Å². The highest BCUT2D eigenvalue weighted by molar-refractivity contribution is 5.67. The van der Waals surface area contributed by atoms with Gasteiger partial charge in [0.2, 0.25) is 0 Å². The first-order valence-electron chi connectivity index (χ1n) is 16.2. The van der Waals surface area contributed by atoms with Gasteiger partial charge in [0.1, 0.15) is 46.2 Å². The molecule has 9 heteroatoms. The Morgan fingerprint density at radius 2 is 1.27 bits per heavy atom. The van der Waals surface area contributed by atoms with Crippen LogP contribution in [0.5, 0.6) is 5.75 Å². The van der Waals surface area contributed by atoms with Crippen LogP contribution >= 0.6 is 0 Å². The number of hydrogen-bond donors (Lipinski definition) is 0. The third-order valence-electron chi connectivity index (χ3n) is 9.07. The molecule has 0 heterocycles. The van der Waals surface area contributed by atoms with Crippen molar-refractivity contribution in [1.29, 1.82) is 0 Å². The van der Waals surface area contributed by atoms with E-state index in [1.807, 2.05) is 13.0 Å². The zero-order valence-electron chi connectivity index (χ0n) is 26.7. The number of allylic oxidation sites excluding steroid dienone is 2. The third-order valence-corrected chi connectivity index (χ3v) is 9.07. The van der Waals surface area contributed by atoms with E-state index in [0.717, 1.165) is 68.4 Å². The molecule has 0 amide bonds. The maximum Gasteiger partial charge on any atom is 0.432 e. The van der Waals surface area contributed by atoms with E-state index >= 15 is 22.0 Å². The Hall–Kier alpha value is -4.14. The summed E-state index contributed by atoms with van der Waals surface area (Å²) in [7, 11) is 0. The molecule has 0 spiro atoms. The topological polar surface area (TPSA) is 9.23 Å². The molecule has 0 unspecified atom stereocenters. The van der Waals surface area contributed by atoms with Gasteiger partial charge in [0.25, 0.3) is 0 Å². The van der Waals surface area contributed by atoms with Crippen molar-refractivity contribution in [2.24, 2.45) is 5.92 Å². The number of halogens is 8. The zero-order valence-corrected chi connectivity index (χ0v) is 26.7. The molecule has 1 aliphatic rings. The lowest BCUT2D eigenvalue weighted by atomic mass is 9.77. The highest BCUT2D eigenvalue weighted by atomic mass is 19.3. The average molecular weight is 673 g/mol. The molecule has 4 aromatic rings. The van der Waals surface area contributed by atoms with Gasteiger partial charge in [-0.2, -0.15) is 8.78 Å². The van der Waals surface area contributed by atoms with Gasteiger partial charge in [-0.25, -0.2) is 26.3 Å². The summed E-state index contributed by atoms with van der Waals surface area (Å²) in [6.07, 6.45) is 6.22. The molecule has 1 nitrogen and oxygen atoms in total.